The number of halogens is 2. The number of rotatable bonds is 2. The third-order valence-corrected chi connectivity index (χ3v) is 4.66. The smallest absolute Gasteiger partial charge is 0.303 e. The van der Waals surface area contributed by atoms with E-state index in [1.807, 2.05) is 18.2 Å². The summed E-state index contributed by atoms with van der Waals surface area (Å²) in [5, 5.41) is 5.08. The van der Waals surface area contributed by atoms with Gasteiger partial charge in [0.25, 0.3) is 5.56 Å². The van der Waals surface area contributed by atoms with E-state index < -0.39 is 11.2 Å². The van der Waals surface area contributed by atoms with Crippen LogP contribution in [0.3, 0.4) is 0 Å². The second-order valence-corrected chi connectivity index (χ2v) is 6.68. The highest BCUT2D eigenvalue weighted by Crippen LogP contribution is 2.25. The van der Waals surface area contributed by atoms with Crippen molar-refractivity contribution in [2.24, 2.45) is 0 Å². The Morgan fingerprint density at radius 1 is 1.00 bits per heavy atom. The van der Waals surface area contributed by atoms with E-state index in [1.165, 1.54) is 4.68 Å². The normalized spacial score (nSPS) is 11.0. The molecular formula is C18H10BrClN4O2. The number of hydrogen-bond acceptors (Lipinski definition) is 4. The van der Waals surface area contributed by atoms with Gasteiger partial charge in [-0.15, -0.1) is 0 Å². The van der Waals surface area contributed by atoms with Gasteiger partial charge in [0.2, 0.25) is 0 Å². The Hall–Kier alpha value is -2.77. The minimum absolute atomic E-state index is 0.271. The number of fused-ring (bicyclic) bond motifs is 1. The Balaban J connectivity index is 2.12. The molecule has 2 heterocycles. The molecule has 2 aromatic carbocycles. The molecule has 6 nitrogen and oxygen atoms in total. The first-order valence-corrected chi connectivity index (χ1v) is 8.76. The number of nitrogens with one attached hydrogen (secondary N) is 1. The van der Waals surface area contributed by atoms with Gasteiger partial charge < -0.3 is 4.98 Å². The summed E-state index contributed by atoms with van der Waals surface area (Å²) in [6.07, 6.45) is 0. The van der Waals surface area contributed by atoms with Gasteiger partial charge in [0.15, 0.2) is 4.60 Å². The van der Waals surface area contributed by atoms with Crippen molar-refractivity contribution in [2.45, 2.75) is 0 Å². The fourth-order valence-corrected chi connectivity index (χ4v) is 3.27. The summed E-state index contributed by atoms with van der Waals surface area (Å²) in [6.45, 7) is 0. The number of nitrogens with zero attached hydrogens (tertiary/aromatic N) is 3. The van der Waals surface area contributed by atoms with E-state index in [2.05, 4.69) is 31.0 Å². The van der Waals surface area contributed by atoms with Gasteiger partial charge in [-0.05, 0) is 40.2 Å². The average molecular weight is 430 g/mol. The monoisotopic (exact) mass is 428 g/mol. The molecule has 0 saturated heterocycles. The van der Waals surface area contributed by atoms with Gasteiger partial charge >= 0.3 is 5.69 Å². The fourth-order valence-electron chi connectivity index (χ4n) is 2.69. The maximum Gasteiger partial charge on any atom is 0.346 e. The molecule has 0 radical (unpaired) electrons. The molecule has 1 N–H and O–H groups in total. The maximum atomic E-state index is 13.2. The van der Waals surface area contributed by atoms with Gasteiger partial charge in [0.05, 0.1) is 22.3 Å². The number of aromatic nitrogens is 4. The Morgan fingerprint density at radius 2 is 1.69 bits per heavy atom. The highest BCUT2D eigenvalue weighted by atomic mass is 79.9. The van der Waals surface area contributed by atoms with Crippen molar-refractivity contribution in [1.82, 2.24) is 19.7 Å². The molecular weight excluding hydrogens is 420 g/mol. The topological polar surface area (TPSA) is 80.6 Å². The SMILES string of the molecule is O=c1nc(-c2ccccc2)c2c(=O)n(-c3ccc(Cl)cc3)nc(Br)c2[nH]1. The zero-order chi connectivity index (χ0) is 18.3. The van der Waals surface area contributed by atoms with Crippen molar-refractivity contribution in [3.63, 3.8) is 0 Å². The van der Waals surface area contributed by atoms with E-state index in [1.54, 1.807) is 36.4 Å². The van der Waals surface area contributed by atoms with Gasteiger partial charge in [-0.3, -0.25) is 4.79 Å². The van der Waals surface area contributed by atoms with Crippen LogP contribution >= 0.6 is 27.5 Å². The predicted octanol–water partition coefficient (Wildman–Crippen LogP) is 3.55. The number of H-pyrrole nitrogens is 1. The zero-order valence-electron chi connectivity index (χ0n) is 13.1. The number of hydrogen-bond donors (Lipinski definition) is 1. The molecule has 0 amide bonds. The summed E-state index contributed by atoms with van der Waals surface area (Å²) in [5.41, 5.74) is 0.878. The number of benzene rings is 2. The molecule has 0 bridgehead atoms. The summed E-state index contributed by atoms with van der Waals surface area (Å²) in [5.74, 6) is 0. The molecule has 26 heavy (non-hydrogen) atoms. The van der Waals surface area contributed by atoms with Crippen LogP contribution in [0.2, 0.25) is 5.02 Å². The molecule has 0 aliphatic heterocycles. The van der Waals surface area contributed by atoms with Crippen LogP contribution in [0.25, 0.3) is 27.8 Å². The first-order chi connectivity index (χ1) is 12.5. The lowest BCUT2D eigenvalue weighted by Crippen LogP contribution is -2.25. The standard InChI is InChI=1S/C18H10BrClN4O2/c19-16-15-13(14(21-18(26)22-15)10-4-2-1-3-5-10)17(25)24(23-16)12-8-6-11(20)7-9-12/h1-9H,(H,21,22,26). The van der Waals surface area contributed by atoms with Crippen molar-refractivity contribution >= 4 is 38.4 Å². The third-order valence-electron chi connectivity index (χ3n) is 3.85. The Labute approximate surface area is 160 Å². The minimum Gasteiger partial charge on any atom is -0.303 e. The zero-order valence-corrected chi connectivity index (χ0v) is 15.5. The third kappa shape index (κ3) is 2.85. The maximum absolute atomic E-state index is 13.2. The first-order valence-electron chi connectivity index (χ1n) is 7.59. The van der Waals surface area contributed by atoms with Gasteiger partial charge in [0.1, 0.15) is 0 Å². The highest BCUT2D eigenvalue weighted by Gasteiger charge is 2.17. The molecule has 0 aliphatic rings. The summed E-state index contributed by atoms with van der Waals surface area (Å²) in [6, 6.07) is 15.8. The molecule has 0 atom stereocenters. The quantitative estimate of drug-likeness (QED) is 0.528. The Kier molecular flexibility index (Phi) is 4.18. The van der Waals surface area contributed by atoms with Gasteiger partial charge in [0, 0.05) is 10.6 Å². The molecule has 0 saturated carbocycles. The van der Waals surface area contributed by atoms with Crippen LogP contribution in [0.4, 0.5) is 0 Å². The van der Waals surface area contributed by atoms with E-state index in [0.29, 0.717) is 32.1 Å². The molecule has 0 spiro atoms. The van der Waals surface area contributed by atoms with Crippen molar-refractivity contribution in [2.75, 3.05) is 0 Å². The second kappa shape index (κ2) is 6.51. The molecule has 0 fully saturated rings. The van der Waals surface area contributed by atoms with E-state index in [0.717, 1.165) is 0 Å². The highest BCUT2D eigenvalue weighted by molar-refractivity contribution is 9.10. The van der Waals surface area contributed by atoms with E-state index in [-0.39, 0.29) is 5.39 Å². The lowest BCUT2D eigenvalue weighted by Gasteiger charge is -2.10. The van der Waals surface area contributed by atoms with Crippen LogP contribution in [0.15, 0.2) is 68.8 Å². The largest absolute Gasteiger partial charge is 0.346 e. The van der Waals surface area contributed by atoms with Gasteiger partial charge in [-0.1, -0.05) is 41.9 Å². The molecule has 128 valence electrons. The Bertz CT molecular complexity index is 1230. The molecule has 8 heteroatoms. The molecule has 4 aromatic rings. The van der Waals surface area contributed by atoms with Crippen LogP contribution in [0.5, 0.6) is 0 Å². The van der Waals surface area contributed by atoms with Crippen LogP contribution in [0, 0.1) is 0 Å². The van der Waals surface area contributed by atoms with Crippen molar-refractivity contribution < 1.29 is 0 Å². The first kappa shape index (κ1) is 16.7. The Morgan fingerprint density at radius 3 is 2.38 bits per heavy atom. The van der Waals surface area contributed by atoms with Crippen molar-refractivity contribution in [3.05, 3.63) is 85.1 Å². The second-order valence-electron chi connectivity index (χ2n) is 5.49. The summed E-state index contributed by atoms with van der Waals surface area (Å²) in [4.78, 5) is 31.8. The molecule has 4 rings (SSSR count). The predicted molar refractivity (Wildman–Crippen MR) is 104 cm³/mol. The van der Waals surface area contributed by atoms with E-state index in [4.69, 9.17) is 11.6 Å². The average Bonchev–Trinajstić information content (AvgIpc) is 2.65. The van der Waals surface area contributed by atoms with Crippen LogP contribution in [0.1, 0.15) is 0 Å². The molecule has 0 aliphatic carbocycles. The van der Waals surface area contributed by atoms with E-state index in [9.17, 15) is 9.59 Å². The van der Waals surface area contributed by atoms with Crippen molar-refractivity contribution in [3.8, 4) is 16.9 Å². The van der Waals surface area contributed by atoms with Crippen molar-refractivity contribution in [1.29, 1.82) is 0 Å². The summed E-state index contributed by atoms with van der Waals surface area (Å²) < 4.78 is 1.58. The molecule has 2 aromatic heterocycles. The van der Waals surface area contributed by atoms with Crippen LogP contribution < -0.4 is 11.2 Å². The van der Waals surface area contributed by atoms with E-state index >= 15 is 0 Å². The van der Waals surface area contributed by atoms with Crippen LogP contribution in [-0.2, 0) is 0 Å². The lowest BCUT2D eigenvalue weighted by molar-refractivity contribution is 0.804. The van der Waals surface area contributed by atoms with Gasteiger partial charge in [-0.2, -0.15) is 14.8 Å². The number of aromatic amines is 1. The van der Waals surface area contributed by atoms with Crippen LogP contribution in [-0.4, -0.2) is 19.7 Å². The fraction of sp³-hybridized carbons (Fsp3) is 0. The lowest BCUT2D eigenvalue weighted by atomic mass is 10.1. The summed E-state index contributed by atoms with van der Waals surface area (Å²) >= 11 is 9.26. The van der Waals surface area contributed by atoms with Gasteiger partial charge in [-0.25, -0.2) is 4.79 Å². The molecule has 0 unspecified atom stereocenters. The minimum atomic E-state index is -0.553. The summed E-state index contributed by atoms with van der Waals surface area (Å²) in [7, 11) is 0.